The molecule has 0 fully saturated rings. The van der Waals surface area contributed by atoms with Gasteiger partial charge in [0.25, 0.3) is 0 Å². The Morgan fingerprint density at radius 3 is 2.88 bits per heavy atom. The fraction of sp³-hybridized carbons (Fsp3) is 0.250. The molecule has 90 valence electrons. The first-order chi connectivity index (χ1) is 8.17. The van der Waals surface area contributed by atoms with Crippen LogP contribution in [0.5, 0.6) is 5.75 Å². The molecule has 0 spiro atoms. The van der Waals surface area contributed by atoms with Crippen LogP contribution >= 0.6 is 0 Å². The summed E-state index contributed by atoms with van der Waals surface area (Å²) in [6.45, 7) is 1.98. The van der Waals surface area contributed by atoms with Crippen molar-refractivity contribution in [2.75, 3.05) is 13.7 Å². The topological polar surface area (TPSA) is 51.3 Å². The van der Waals surface area contributed by atoms with Crippen LogP contribution in [-0.4, -0.2) is 24.7 Å². The number of aromatic amines is 1. The van der Waals surface area contributed by atoms with Gasteiger partial charge < -0.3 is 14.5 Å². The summed E-state index contributed by atoms with van der Waals surface area (Å²) in [7, 11) is 1.43. The highest BCUT2D eigenvalue weighted by Gasteiger charge is 2.19. The smallest absolute Gasteiger partial charge is 0.358 e. The molecule has 2 aromatic rings. The summed E-state index contributed by atoms with van der Waals surface area (Å²) in [5.74, 6) is -0.593. The molecule has 4 nitrogen and oxygen atoms in total. The molecule has 0 amide bonds. The van der Waals surface area contributed by atoms with E-state index < -0.39 is 5.97 Å². The highest BCUT2D eigenvalue weighted by atomic mass is 19.1. The van der Waals surface area contributed by atoms with Gasteiger partial charge in [0.2, 0.25) is 0 Å². The minimum absolute atomic E-state index is 0.204. The van der Waals surface area contributed by atoms with E-state index in [-0.39, 0.29) is 18.1 Å². The van der Waals surface area contributed by atoms with Gasteiger partial charge in [0, 0.05) is 5.39 Å². The van der Waals surface area contributed by atoms with Gasteiger partial charge >= 0.3 is 5.97 Å². The van der Waals surface area contributed by atoms with Crippen molar-refractivity contribution in [2.45, 2.75) is 6.92 Å². The van der Waals surface area contributed by atoms with Gasteiger partial charge in [-0.2, -0.15) is 0 Å². The number of carbonyl (C=O) groups is 1. The van der Waals surface area contributed by atoms with E-state index in [2.05, 4.69) is 4.98 Å². The molecular weight excluding hydrogens is 225 g/mol. The number of ether oxygens (including phenoxy) is 2. The standard InChI is InChI=1S/C12H12FNO3/c1-3-17-12(15)10-11(16-2)8-6-7(13)4-5-9(8)14-10/h4-6,14H,3H2,1-2H3. The summed E-state index contributed by atoms with van der Waals surface area (Å²) in [6.07, 6.45) is 0. The predicted molar refractivity (Wildman–Crippen MR) is 60.8 cm³/mol. The van der Waals surface area contributed by atoms with Crippen molar-refractivity contribution in [1.82, 2.24) is 4.98 Å². The maximum absolute atomic E-state index is 13.1. The molecule has 0 saturated carbocycles. The van der Waals surface area contributed by atoms with E-state index in [4.69, 9.17) is 9.47 Å². The molecule has 0 unspecified atom stereocenters. The van der Waals surface area contributed by atoms with Crippen molar-refractivity contribution in [3.05, 3.63) is 29.7 Å². The summed E-state index contributed by atoms with van der Waals surface area (Å²) in [6, 6.07) is 4.18. The van der Waals surface area contributed by atoms with Gasteiger partial charge in [0.15, 0.2) is 11.4 Å². The highest BCUT2D eigenvalue weighted by molar-refractivity contribution is 6.00. The quantitative estimate of drug-likeness (QED) is 0.834. The molecule has 0 radical (unpaired) electrons. The number of aromatic nitrogens is 1. The zero-order valence-corrected chi connectivity index (χ0v) is 9.54. The molecule has 0 saturated heterocycles. The van der Waals surface area contributed by atoms with Gasteiger partial charge in [-0.25, -0.2) is 9.18 Å². The average Bonchev–Trinajstić information content (AvgIpc) is 2.67. The number of carbonyl (C=O) groups excluding carboxylic acids is 1. The lowest BCUT2D eigenvalue weighted by molar-refractivity contribution is 0.0517. The van der Waals surface area contributed by atoms with Crippen LogP contribution in [0.3, 0.4) is 0 Å². The first kappa shape index (κ1) is 11.4. The highest BCUT2D eigenvalue weighted by Crippen LogP contribution is 2.30. The fourth-order valence-corrected chi connectivity index (χ4v) is 1.70. The second-order valence-electron chi connectivity index (χ2n) is 3.44. The summed E-state index contributed by atoms with van der Waals surface area (Å²) >= 11 is 0. The number of esters is 1. The van der Waals surface area contributed by atoms with Gasteiger partial charge in [0.05, 0.1) is 19.2 Å². The molecule has 1 aromatic carbocycles. The van der Waals surface area contributed by atoms with Crippen molar-refractivity contribution >= 4 is 16.9 Å². The Labute approximate surface area is 97.3 Å². The lowest BCUT2D eigenvalue weighted by Crippen LogP contribution is -2.06. The number of fused-ring (bicyclic) bond motifs is 1. The lowest BCUT2D eigenvalue weighted by atomic mass is 10.2. The zero-order valence-electron chi connectivity index (χ0n) is 9.54. The van der Waals surface area contributed by atoms with Gasteiger partial charge in [-0.15, -0.1) is 0 Å². The third kappa shape index (κ3) is 1.95. The van der Waals surface area contributed by atoms with Crippen LogP contribution in [0.1, 0.15) is 17.4 Å². The Kier molecular flexibility index (Phi) is 2.99. The summed E-state index contributed by atoms with van der Waals surface area (Å²) in [4.78, 5) is 14.5. The van der Waals surface area contributed by atoms with E-state index in [1.54, 1.807) is 13.0 Å². The maximum atomic E-state index is 13.1. The number of nitrogens with one attached hydrogen (secondary N) is 1. The molecule has 17 heavy (non-hydrogen) atoms. The van der Waals surface area contributed by atoms with Crippen LogP contribution in [0, 0.1) is 5.82 Å². The van der Waals surface area contributed by atoms with Crippen LogP contribution in [0.2, 0.25) is 0 Å². The van der Waals surface area contributed by atoms with Crippen molar-refractivity contribution in [3.63, 3.8) is 0 Å². The first-order valence-corrected chi connectivity index (χ1v) is 5.19. The average molecular weight is 237 g/mol. The molecule has 0 aliphatic rings. The normalized spacial score (nSPS) is 10.5. The molecule has 0 atom stereocenters. The van der Waals surface area contributed by atoms with Crippen LogP contribution in [0.15, 0.2) is 18.2 Å². The Morgan fingerprint density at radius 1 is 1.47 bits per heavy atom. The van der Waals surface area contributed by atoms with E-state index >= 15 is 0 Å². The van der Waals surface area contributed by atoms with Gasteiger partial charge in [-0.1, -0.05) is 0 Å². The molecule has 1 N–H and O–H groups in total. The van der Waals surface area contributed by atoms with E-state index in [0.717, 1.165) is 0 Å². The number of hydrogen-bond donors (Lipinski definition) is 1. The van der Waals surface area contributed by atoms with E-state index in [1.807, 2.05) is 0 Å². The molecule has 1 aromatic heterocycles. The largest absolute Gasteiger partial charge is 0.494 e. The molecule has 2 rings (SSSR count). The molecule has 0 aliphatic carbocycles. The Hall–Kier alpha value is -2.04. The molecule has 0 aliphatic heterocycles. The molecule has 1 heterocycles. The maximum Gasteiger partial charge on any atom is 0.358 e. The van der Waals surface area contributed by atoms with Crippen LogP contribution in [0.25, 0.3) is 10.9 Å². The minimum Gasteiger partial charge on any atom is -0.494 e. The van der Waals surface area contributed by atoms with Gasteiger partial charge in [-0.05, 0) is 25.1 Å². The van der Waals surface area contributed by atoms with Gasteiger partial charge in [0.1, 0.15) is 5.82 Å². The Morgan fingerprint density at radius 2 is 2.24 bits per heavy atom. The zero-order chi connectivity index (χ0) is 12.4. The van der Waals surface area contributed by atoms with Crippen molar-refractivity contribution in [1.29, 1.82) is 0 Å². The number of methoxy groups -OCH3 is 1. The third-order valence-electron chi connectivity index (χ3n) is 2.40. The monoisotopic (exact) mass is 237 g/mol. The summed E-state index contributed by atoms with van der Waals surface area (Å²) < 4.78 is 23.1. The lowest BCUT2D eigenvalue weighted by Gasteiger charge is -2.02. The van der Waals surface area contributed by atoms with E-state index in [9.17, 15) is 9.18 Å². The Bertz CT molecular complexity index is 562. The fourth-order valence-electron chi connectivity index (χ4n) is 1.70. The molecular formula is C12H12FNO3. The SMILES string of the molecule is CCOC(=O)c1[nH]c2ccc(F)cc2c1OC. The third-order valence-corrected chi connectivity index (χ3v) is 2.40. The minimum atomic E-state index is -0.513. The van der Waals surface area contributed by atoms with E-state index in [0.29, 0.717) is 16.7 Å². The Balaban J connectivity index is 2.60. The van der Waals surface area contributed by atoms with E-state index in [1.165, 1.54) is 19.2 Å². The first-order valence-electron chi connectivity index (χ1n) is 5.19. The molecule has 5 heteroatoms. The summed E-state index contributed by atoms with van der Waals surface area (Å²) in [5, 5.41) is 0.524. The molecule has 0 bridgehead atoms. The number of benzene rings is 1. The number of rotatable bonds is 3. The van der Waals surface area contributed by atoms with Crippen LogP contribution < -0.4 is 4.74 Å². The summed E-state index contributed by atoms with van der Waals surface area (Å²) in [5.41, 5.74) is 0.834. The number of H-pyrrole nitrogens is 1. The number of hydrogen-bond acceptors (Lipinski definition) is 3. The van der Waals surface area contributed by atoms with Crippen molar-refractivity contribution in [2.24, 2.45) is 0 Å². The van der Waals surface area contributed by atoms with Gasteiger partial charge in [-0.3, -0.25) is 0 Å². The van der Waals surface area contributed by atoms with Crippen LogP contribution in [0.4, 0.5) is 4.39 Å². The van der Waals surface area contributed by atoms with Crippen molar-refractivity contribution in [3.8, 4) is 5.75 Å². The van der Waals surface area contributed by atoms with Crippen molar-refractivity contribution < 1.29 is 18.7 Å². The predicted octanol–water partition coefficient (Wildman–Crippen LogP) is 2.49. The van der Waals surface area contributed by atoms with Crippen LogP contribution in [-0.2, 0) is 4.74 Å². The second-order valence-corrected chi connectivity index (χ2v) is 3.44. The number of halogens is 1. The second kappa shape index (κ2) is 4.45.